The minimum atomic E-state index is -3.69. The second kappa shape index (κ2) is 9.73. The van der Waals surface area contributed by atoms with Crippen molar-refractivity contribution in [3.8, 4) is 16.9 Å². The van der Waals surface area contributed by atoms with Gasteiger partial charge in [0.25, 0.3) is 10.0 Å². The van der Waals surface area contributed by atoms with Crippen LogP contribution in [0, 0.1) is 0 Å². The first kappa shape index (κ1) is 24.0. The number of aliphatic hydroxyl groups is 1. The largest absolute Gasteiger partial charge is 0.496 e. The van der Waals surface area contributed by atoms with Gasteiger partial charge in [-0.1, -0.05) is 42.5 Å². The number of aliphatic hydroxyl groups excluding tert-OH is 1. The zero-order valence-electron chi connectivity index (χ0n) is 20.1. The van der Waals surface area contributed by atoms with Crippen LogP contribution < -0.4 is 4.74 Å². The van der Waals surface area contributed by atoms with E-state index in [4.69, 9.17) is 4.74 Å². The number of nitrogens with zero attached hydrogens (tertiary/aromatic N) is 4. The molecule has 0 unspecified atom stereocenters. The molecule has 0 radical (unpaired) electrons. The van der Waals surface area contributed by atoms with E-state index < -0.39 is 10.0 Å². The Morgan fingerprint density at radius 2 is 1.83 bits per heavy atom. The standard InChI is InChI=1S/C26H32N4O4S/c1-28-16-25(27-18-28)35(32,33)29-13-5-6-14-30-22(15-29)26(23(30)17-31)20-11-9-19(10-12-20)21-7-3-4-8-24(21)34-2/h3-4,7-12,16,18,22-23,26,31H,5-6,13-15,17H2,1-2H3/t22-,23+,26-/m1/s1. The van der Waals surface area contributed by atoms with Crippen molar-refractivity contribution in [3.63, 3.8) is 0 Å². The molecule has 0 saturated carbocycles. The monoisotopic (exact) mass is 496 g/mol. The van der Waals surface area contributed by atoms with Gasteiger partial charge in [0.05, 0.1) is 20.0 Å². The first-order chi connectivity index (χ1) is 16.9. The molecule has 3 aromatic rings. The van der Waals surface area contributed by atoms with E-state index in [-0.39, 0.29) is 29.6 Å². The van der Waals surface area contributed by atoms with Crippen molar-refractivity contribution in [2.24, 2.45) is 7.05 Å². The Balaban J connectivity index is 1.43. The molecule has 186 valence electrons. The molecule has 2 saturated heterocycles. The maximum absolute atomic E-state index is 13.4. The van der Waals surface area contributed by atoms with E-state index in [1.807, 2.05) is 24.3 Å². The number of imidazole rings is 1. The summed E-state index contributed by atoms with van der Waals surface area (Å²) in [5.41, 5.74) is 3.19. The lowest BCUT2D eigenvalue weighted by atomic mass is 9.74. The van der Waals surface area contributed by atoms with Gasteiger partial charge < -0.3 is 14.4 Å². The van der Waals surface area contributed by atoms with Crippen molar-refractivity contribution in [2.45, 2.75) is 35.9 Å². The van der Waals surface area contributed by atoms with Gasteiger partial charge in [-0.3, -0.25) is 4.90 Å². The Morgan fingerprint density at radius 1 is 1.09 bits per heavy atom. The Morgan fingerprint density at radius 3 is 2.51 bits per heavy atom. The summed E-state index contributed by atoms with van der Waals surface area (Å²) in [6.45, 7) is 1.77. The third-order valence-corrected chi connectivity index (χ3v) is 9.08. The number of hydrogen-bond donors (Lipinski definition) is 1. The van der Waals surface area contributed by atoms with E-state index in [0.717, 1.165) is 41.8 Å². The molecule has 2 fully saturated rings. The van der Waals surface area contributed by atoms with Crippen LogP contribution in [0.4, 0.5) is 0 Å². The van der Waals surface area contributed by atoms with E-state index in [2.05, 4.69) is 34.1 Å². The number of para-hydroxylation sites is 1. The Kier molecular flexibility index (Phi) is 6.67. The van der Waals surface area contributed by atoms with Gasteiger partial charge in [0, 0.05) is 49.9 Å². The summed E-state index contributed by atoms with van der Waals surface area (Å²) in [6, 6.07) is 16.3. The zero-order chi connectivity index (χ0) is 24.6. The van der Waals surface area contributed by atoms with Crippen molar-refractivity contribution in [1.29, 1.82) is 0 Å². The molecule has 2 aromatic carbocycles. The maximum atomic E-state index is 13.4. The topological polar surface area (TPSA) is 87.9 Å². The van der Waals surface area contributed by atoms with Gasteiger partial charge in [-0.2, -0.15) is 4.31 Å². The van der Waals surface area contributed by atoms with Gasteiger partial charge in [0.15, 0.2) is 5.03 Å². The molecule has 1 aromatic heterocycles. The summed E-state index contributed by atoms with van der Waals surface area (Å²) in [5.74, 6) is 0.866. The van der Waals surface area contributed by atoms with Crippen molar-refractivity contribution in [1.82, 2.24) is 18.8 Å². The van der Waals surface area contributed by atoms with Crippen molar-refractivity contribution < 1.29 is 18.3 Å². The van der Waals surface area contributed by atoms with E-state index in [1.165, 1.54) is 6.33 Å². The van der Waals surface area contributed by atoms with Crippen LogP contribution in [-0.2, 0) is 17.1 Å². The number of ether oxygens (including phenoxy) is 1. The molecule has 9 heteroatoms. The summed E-state index contributed by atoms with van der Waals surface area (Å²) >= 11 is 0. The van der Waals surface area contributed by atoms with Gasteiger partial charge in [-0.25, -0.2) is 13.4 Å². The lowest BCUT2D eigenvalue weighted by Gasteiger charge is -2.57. The summed E-state index contributed by atoms with van der Waals surface area (Å²) in [7, 11) is -0.250. The number of sulfonamides is 1. The summed E-state index contributed by atoms with van der Waals surface area (Å²) in [4.78, 5) is 6.39. The highest BCUT2D eigenvalue weighted by molar-refractivity contribution is 7.89. The molecule has 2 aliphatic heterocycles. The number of hydrogen-bond acceptors (Lipinski definition) is 6. The van der Waals surface area contributed by atoms with Crippen LogP contribution in [0.1, 0.15) is 24.3 Å². The summed E-state index contributed by atoms with van der Waals surface area (Å²) < 4.78 is 35.5. The molecule has 5 rings (SSSR count). The van der Waals surface area contributed by atoms with Gasteiger partial charge in [0.1, 0.15) is 5.75 Å². The predicted octanol–water partition coefficient (Wildman–Crippen LogP) is 2.71. The molecule has 0 aliphatic carbocycles. The van der Waals surface area contributed by atoms with E-state index >= 15 is 0 Å². The van der Waals surface area contributed by atoms with Gasteiger partial charge in [0.2, 0.25) is 0 Å². The predicted molar refractivity (Wildman–Crippen MR) is 134 cm³/mol. The maximum Gasteiger partial charge on any atom is 0.262 e. The van der Waals surface area contributed by atoms with Crippen LogP contribution in [0.25, 0.3) is 11.1 Å². The molecule has 0 bridgehead atoms. The molecule has 1 N–H and O–H groups in total. The Hall–Kier alpha value is -2.72. The third kappa shape index (κ3) is 4.38. The molecular formula is C26H32N4O4S. The number of benzene rings is 2. The minimum Gasteiger partial charge on any atom is -0.496 e. The fourth-order valence-electron chi connectivity index (χ4n) is 5.55. The smallest absolute Gasteiger partial charge is 0.262 e. The zero-order valence-corrected chi connectivity index (χ0v) is 20.9. The van der Waals surface area contributed by atoms with E-state index in [0.29, 0.717) is 13.1 Å². The number of methoxy groups -OCH3 is 1. The fraction of sp³-hybridized carbons (Fsp3) is 0.423. The normalized spacial score (nSPS) is 23.7. The van der Waals surface area contributed by atoms with E-state index in [9.17, 15) is 13.5 Å². The molecule has 35 heavy (non-hydrogen) atoms. The third-order valence-electron chi connectivity index (χ3n) is 7.33. The van der Waals surface area contributed by atoms with Gasteiger partial charge in [-0.15, -0.1) is 0 Å². The molecule has 0 amide bonds. The lowest BCUT2D eigenvalue weighted by molar-refractivity contribution is -0.0554. The highest BCUT2D eigenvalue weighted by Crippen LogP contribution is 2.43. The SMILES string of the molecule is COc1ccccc1-c1ccc([C@@H]2[C@H]3CN(S(=O)(=O)c4cn(C)cn4)CCCCN3[C@H]2CO)cc1. The molecule has 3 heterocycles. The van der Waals surface area contributed by atoms with E-state index in [1.54, 1.807) is 29.2 Å². The van der Waals surface area contributed by atoms with Crippen LogP contribution in [-0.4, -0.2) is 77.7 Å². The second-order valence-corrected chi connectivity index (χ2v) is 11.2. The molecule has 2 aliphatic rings. The van der Waals surface area contributed by atoms with Crippen LogP contribution >= 0.6 is 0 Å². The number of fused-ring (bicyclic) bond motifs is 1. The highest BCUT2D eigenvalue weighted by atomic mass is 32.2. The number of aromatic nitrogens is 2. The van der Waals surface area contributed by atoms with Crippen molar-refractivity contribution in [2.75, 3.05) is 33.4 Å². The quantitative estimate of drug-likeness (QED) is 0.565. The van der Waals surface area contributed by atoms with Crippen LogP contribution in [0.5, 0.6) is 5.75 Å². The highest BCUT2D eigenvalue weighted by Gasteiger charge is 2.50. The number of aryl methyl sites for hydroxylation is 1. The average molecular weight is 497 g/mol. The first-order valence-electron chi connectivity index (χ1n) is 12.0. The Bertz CT molecular complexity index is 1270. The summed E-state index contributed by atoms with van der Waals surface area (Å²) in [5, 5.41) is 10.3. The molecular weight excluding hydrogens is 464 g/mol. The minimum absolute atomic E-state index is 0.00282. The number of rotatable bonds is 6. The molecule has 8 nitrogen and oxygen atoms in total. The lowest BCUT2D eigenvalue weighted by Crippen LogP contribution is -2.67. The van der Waals surface area contributed by atoms with Gasteiger partial charge in [-0.05, 0) is 36.6 Å². The second-order valence-electron chi connectivity index (χ2n) is 9.35. The van der Waals surface area contributed by atoms with Crippen molar-refractivity contribution >= 4 is 10.0 Å². The fourth-order valence-corrected chi connectivity index (χ4v) is 7.01. The molecule has 0 spiro atoms. The van der Waals surface area contributed by atoms with Gasteiger partial charge >= 0.3 is 0 Å². The van der Waals surface area contributed by atoms with Crippen molar-refractivity contribution in [3.05, 3.63) is 66.6 Å². The molecule has 3 atom stereocenters. The van der Waals surface area contributed by atoms with Crippen LogP contribution in [0.2, 0.25) is 0 Å². The Labute approximate surface area is 206 Å². The first-order valence-corrected chi connectivity index (χ1v) is 13.5. The average Bonchev–Trinajstić information content (AvgIpc) is 3.30. The van der Waals surface area contributed by atoms with Crippen LogP contribution in [0.15, 0.2) is 66.1 Å². The summed E-state index contributed by atoms with van der Waals surface area (Å²) in [6.07, 6.45) is 4.74. The van der Waals surface area contributed by atoms with Crippen LogP contribution in [0.3, 0.4) is 0 Å².